The van der Waals surface area contributed by atoms with Crippen LogP contribution in [0.2, 0.25) is 0 Å². The topological polar surface area (TPSA) is 80.6 Å². The molecule has 0 aliphatic carbocycles. The molecule has 0 spiro atoms. The number of nitrogens with zero attached hydrogens (tertiary/aromatic N) is 3. The van der Waals surface area contributed by atoms with Gasteiger partial charge < -0.3 is 9.55 Å². The van der Waals surface area contributed by atoms with Gasteiger partial charge in [-0.1, -0.05) is 36.4 Å². The Kier molecular flexibility index (Phi) is 5.25. The molecule has 5 rings (SSSR count). The monoisotopic (exact) mass is 382 g/mol. The Bertz CT molecular complexity index is 1240. The molecule has 0 aliphatic rings. The summed E-state index contributed by atoms with van der Waals surface area (Å²) in [5.74, 6) is 0.696. The molecule has 0 saturated carbocycles. The van der Waals surface area contributed by atoms with E-state index in [0.717, 1.165) is 34.4 Å². The van der Waals surface area contributed by atoms with E-state index in [-0.39, 0.29) is 0 Å². The smallest absolute Gasteiger partial charge is 0.166 e. The largest absolute Gasteiger partial charge is 0.352 e. The van der Waals surface area contributed by atoms with Crippen molar-refractivity contribution in [2.45, 2.75) is 6.54 Å². The van der Waals surface area contributed by atoms with Gasteiger partial charge in [0.25, 0.3) is 0 Å². The maximum absolute atomic E-state index is 11.1. The fraction of sp³-hybridized carbons (Fsp3) is 0.0435. The first-order valence-electron chi connectivity index (χ1n) is 9.11. The van der Waals surface area contributed by atoms with Crippen LogP contribution in [0.4, 0.5) is 0 Å². The van der Waals surface area contributed by atoms with Gasteiger partial charge in [-0.05, 0) is 30.3 Å². The van der Waals surface area contributed by atoms with Gasteiger partial charge in [-0.3, -0.25) is 9.59 Å². The van der Waals surface area contributed by atoms with Crippen LogP contribution in [0, 0.1) is 0 Å². The number of aromatic nitrogens is 4. The van der Waals surface area contributed by atoms with Crippen LogP contribution >= 0.6 is 0 Å². The van der Waals surface area contributed by atoms with Crippen LogP contribution < -0.4 is 0 Å². The molecule has 0 fully saturated rings. The molecule has 5 aromatic rings. The number of fused-ring (bicyclic) bond motifs is 2. The molecule has 2 aromatic carbocycles. The Morgan fingerprint density at radius 2 is 1.55 bits per heavy atom. The lowest BCUT2D eigenvalue weighted by Crippen LogP contribution is -2.06. The third-order valence-electron chi connectivity index (χ3n) is 4.56. The molecule has 1 N–H and O–H groups in total. The third-order valence-corrected chi connectivity index (χ3v) is 4.56. The standard InChI is InChI=1S/C14H11N3O.C9H7NO/c18-10-12-8-11-4-1-2-5-13(11)17(12)9-14-15-6-3-7-16-14;11-6-8-5-7-3-1-2-4-9(7)10-8/h1-8,10H,9H2;1-6,10H. The van der Waals surface area contributed by atoms with Crippen molar-refractivity contribution in [1.82, 2.24) is 19.5 Å². The maximum atomic E-state index is 11.1. The van der Waals surface area contributed by atoms with E-state index in [1.165, 1.54) is 0 Å². The summed E-state index contributed by atoms with van der Waals surface area (Å²) in [7, 11) is 0. The quantitative estimate of drug-likeness (QED) is 0.471. The second kappa shape index (κ2) is 8.31. The molecule has 6 heteroatoms. The van der Waals surface area contributed by atoms with Gasteiger partial charge in [0.2, 0.25) is 0 Å². The summed E-state index contributed by atoms with van der Waals surface area (Å²) in [6.45, 7) is 0.502. The van der Waals surface area contributed by atoms with Crippen molar-refractivity contribution in [3.05, 3.63) is 96.3 Å². The van der Waals surface area contributed by atoms with Gasteiger partial charge in [-0.15, -0.1) is 0 Å². The van der Waals surface area contributed by atoms with E-state index in [0.29, 0.717) is 23.8 Å². The third kappa shape index (κ3) is 3.96. The fourth-order valence-corrected chi connectivity index (χ4v) is 3.22. The van der Waals surface area contributed by atoms with E-state index in [9.17, 15) is 9.59 Å². The summed E-state index contributed by atoms with van der Waals surface area (Å²) in [6.07, 6.45) is 5.09. The van der Waals surface area contributed by atoms with Crippen LogP contribution in [-0.2, 0) is 6.54 Å². The highest BCUT2D eigenvalue weighted by Gasteiger charge is 2.08. The van der Waals surface area contributed by atoms with Gasteiger partial charge in [0.05, 0.1) is 17.9 Å². The van der Waals surface area contributed by atoms with Gasteiger partial charge in [-0.25, -0.2) is 9.97 Å². The van der Waals surface area contributed by atoms with Gasteiger partial charge in [0.15, 0.2) is 12.6 Å². The van der Waals surface area contributed by atoms with E-state index in [2.05, 4.69) is 15.0 Å². The van der Waals surface area contributed by atoms with Crippen LogP contribution in [0.5, 0.6) is 0 Å². The first-order chi connectivity index (χ1) is 14.3. The van der Waals surface area contributed by atoms with Crippen molar-refractivity contribution in [2.75, 3.05) is 0 Å². The average molecular weight is 382 g/mol. The van der Waals surface area contributed by atoms with Crippen LogP contribution in [0.25, 0.3) is 21.8 Å². The number of nitrogens with one attached hydrogen (secondary N) is 1. The number of rotatable bonds is 4. The predicted octanol–water partition coefficient (Wildman–Crippen LogP) is 4.27. The van der Waals surface area contributed by atoms with Gasteiger partial charge >= 0.3 is 0 Å². The van der Waals surface area contributed by atoms with Crippen molar-refractivity contribution < 1.29 is 9.59 Å². The lowest BCUT2D eigenvalue weighted by Gasteiger charge is -2.05. The molecule has 0 amide bonds. The number of aromatic amines is 1. The van der Waals surface area contributed by atoms with Gasteiger partial charge in [0.1, 0.15) is 5.82 Å². The normalized spacial score (nSPS) is 10.5. The highest BCUT2D eigenvalue weighted by atomic mass is 16.1. The first kappa shape index (κ1) is 18.3. The summed E-state index contributed by atoms with van der Waals surface area (Å²) < 4.78 is 1.93. The van der Waals surface area contributed by atoms with E-state index >= 15 is 0 Å². The molecule has 0 saturated heterocycles. The number of carbonyl (C=O) groups is 2. The Labute approximate surface area is 166 Å². The Morgan fingerprint density at radius 3 is 2.28 bits per heavy atom. The first-order valence-corrected chi connectivity index (χ1v) is 9.11. The van der Waals surface area contributed by atoms with Crippen LogP contribution in [0.1, 0.15) is 26.8 Å². The summed E-state index contributed by atoms with van der Waals surface area (Å²) in [5.41, 5.74) is 3.30. The number of para-hydroxylation sites is 2. The van der Waals surface area contributed by atoms with Gasteiger partial charge in [-0.2, -0.15) is 0 Å². The van der Waals surface area contributed by atoms with Crippen LogP contribution in [-0.4, -0.2) is 32.1 Å². The summed E-state index contributed by atoms with van der Waals surface area (Å²) in [4.78, 5) is 32.8. The van der Waals surface area contributed by atoms with Gasteiger partial charge in [0, 0.05) is 34.2 Å². The van der Waals surface area contributed by atoms with Crippen molar-refractivity contribution in [3.8, 4) is 0 Å². The minimum Gasteiger partial charge on any atom is -0.352 e. The number of aldehydes is 2. The number of hydrogen-bond donors (Lipinski definition) is 1. The molecule has 0 atom stereocenters. The molecule has 0 radical (unpaired) electrons. The van der Waals surface area contributed by atoms with Crippen LogP contribution in [0.3, 0.4) is 0 Å². The molecule has 3 heterocycles. The van der Waals surface area contributed by atoms with E-state index in [1.807, 2.05) is 65.2 Å². The second-order valence-corrected chi connectivity index (χ2v) is 6.43. The molecular weight excluding hydrogens is 364 g/mol. The number of H-pyrrole nitrogens is 1. The zero-order valence-electron chi connectivity index (χ0n) is 15.5. The number of hydrogen-bond acceptors (Lipinski definition) is 4. The number of carbonyl (C=O) groups excluding carboxylic acids is 2. The molecular formula is C23H18N4O2. The molecule has 142 valence electrons. The SMILES string of the molecule is O=Cc1cc2ccccc2[nH]1.O=Cc1cc2ccccc2n1Cc1ncccn1. The van der Waals surface area contributed by atoms with Crippen molar-refractivity contribution in [2.24, 2.45) is 0 Å². The number of benzene rings is 2. The predicted molar refractivity (Wildman–Crippen MR) is 112 cm³/mol. The van der Waals surface area contributed by atoms with E-state index in [4.69, 9.17) is 0 Å². The lowest BCUT2D eigenvalue weighted by molar-refractivity contribution is 0.111. The highest BCUT2D eigenvalue weighted by Crippen LogP contribution is 2.19. The Hall–Kier alpha value is -4.06. The van der Waals surface area contributed by atoms with E-state index in [1.54, 1.807) is 18.5 Å². The second-order valence-electron chi connectivity index (χ2n) is 6.43. The minimum absolute atomic E-state index is 0.502. The Balaban J connectivity index is 0.000000159. The molecule has 3 aromatic heterocycles. The summed E-state index contributed by atoms with van der Waals surface area (Å²) in [6, 6.07) is 21.2. The summed E-state index contributed by atoms with van der Waals surface area (Å²) in [5, 5.41) is 2.13. The van der Waals surface area contributed by atoms with Crippen molar-refractivity contribution in [3.63, 3.8) is 0 Å². The van der Waals surface area contributed by atoms with Crippen molar-refractivity contribution in [1.29, 1.82) is 0 Å². The molecule has 0 bridgehead atoms. The maximum Gasteiger partial charge on any atom is 0.166 e. The average Bonchev–Trinajstić information content (AvgIpc) is 3.36. The van der Waals surface area contributed by atoms with Crippen molar-refractivity contribution >= 4 is 34.4 Å². The zero-order chi connectivity index (χ0) is 20.1. The molecule has 6 nitrogen and oxygen atoms in total. The van der Waals surface area contributed by atoms with Crippen LogP contribution in [0.15, 0.2) is 79.1 Å². The molecule has 0 unspecified atom stereocenters. The summed E-state index contributed by atoms with van der Waals surface area (Å²) >= 11 is 0. The fourth-order valence-electron chi connectivity index (χ4n) is 3.22. The minimum atomic E-state index is 0.502. The molecule has 29 heavy (non-hydrogen) atoms. The molecule has 0 aliphatic heterocycles. The van der Waals surface area contributed by atoms with E-state index < -0.39 is 0 Å². The zero-order valence-corrected chi connectivity index (χ0v) is 15.5. The Morgan fingerprint density at radius 1 is 0.828 bits per heavy atom. The lowest BCUT2D eigenvalue weighted by atomic mass is 10.2. The highest BCUT2D eigenvalue weighted by molar-refractivity contribution is 5.89.